The van der Waals surface area contributed by atoms with Crippen LogP contribution in [0.1, 0.15) is 42.5 Å². The molecule has 0 spiro atoms. The van der Waals surface area contributed by atoms with Gasteiger partial charge in [-0.1, -0.05) is 30.9 Å². The monoisotopic (exact) mass is 381 g/mol. The number of carbonyl (C=O) groups is 1. The topological polar surface area (TPSA) is 84.7 Å². The highest BCUT2D eigenvalue weighted by molar-refractivity contribution is 6.31. The Morgan fingerprint density at radius 3 is 2.62 bits per heavy atom. The molecule has 0 radical (unpaired) electrons. The second-order valence-corrected chi connectivity index (χ2v) is 7.42. The predicted octanol–water partition coefficient (Wildman–Crippen LogP) is 3.01. The highest BCUT2D eigenvalue weighted by atomic mass is 35.5. The summed E-state index contributed by atoms with van der Waals surface area (Å²) >= 11 is 5.83. The van der Waals surface area contributed by atoms with Crippen LogP contribution in [0, 0.1) is 10.1 Å². The summed E-state index contributed by atoms with van der Waals surface area (Å²) < 4.78 is 5.47. The van der Waals surface area contributed by atoms with Crippen LogP contribution in [0.5, 0.6) is 0 Å². The number of nitro benzene ring substituents is 1. The van der Waals surface area contributed by atoms with E-state index in [1.54, 1.807) is 0 Å². The molecule has 1 saturated heterocycles. The Morgan fingerprint density at radius 2 is 1.96 bits per heavy atom. The summed E-state index contributed by atoms with van der Waals surface area (Å²) in [7, 11) is 0. The van der Waals surface area contributed by atoms with E-state index in [1.165, 1.54) is 24.6 Å². The average Bonchev–Trinajstić information content (AvgIpc) is 2.67. The third-order valence-electron chi connectivity index (χ3n) is 5.45. The molecule has 1 N–H and O–H groups in total. The normalized spacial score (nSPS) is 20.5. The number of morpholine rings is 1. The van der Waals surface area contributed by atoms with E-state index in [2.05, 4.69) is 10.2 Å². The molecule has 0 atom stereocenters. The van der Waals surface area contributed by atoms with Gasteiger partial charge in [0.1, 0.15) is 5.56 Å². The Balaban J connectivity index is 1.75. The van der Waals surface area contributed by atoms with E-state index in [0.29, 0.717) is 19.8 Å². The maximum absolute atomic E-state index is 12.6. The number of carbonyl (C=O) groups excluding carboxylic acids is 1. The molecule has 0 aromatic heterocycles. The van der Waals surface area contributed by atoms with Crippen molar-refractivity contribution in [2.24, 2.45) is 0 Å². The van der Waals surface area contributed by atoms with Crippen LogP contribution in [0.4, 0.5) is 5.69 Å². The van der Waals surface area contributed by atoms with Gasteiger partial charge in [-0.3, -0.25) is 19.8 Å². The molecule has 1 heterocycles. The third kappa shape index (κ3) is 4.16. The lowest BCUT2D eigenvalue weighted by atomic mass is 9.79. The van der Waals surface area contributed by atoms with Gasteiger partial charge in [-0.25, -0.2) is 0 Å². The number of nitrogens with one attached hydrogen (secondary N) is 1. The van der Waals surface area contributed by atoms with Crippen molar-refractivity contribution in [3.63, 3.8) is 0 Å². The first kappa shape index (κ1) is 19.1. The standard InChI is InChI=1S/C18H24ClN3O4/c19-14-4-5-15(16(12-14)22(24)25)17(23)20-13-18(6-2-1-3-7-18)21-8-10-26-11-9-21/h4-5,12H,1-3,6-11,13H2,(H,20,23). The van der Waals surface area contributed by atoms with Gasteiger partial charge in [0.2, 0.25) is 0 Å². The van der Waals surface area contributed by atoms with Gasteiger partial charge in [-0.2, -0.15) is 0 Å². The van der Waals surface area contributed by atoms with Crippen LogP contribution in [-0.2, 0) is 4.74 Å². The highest BCUT2D eigenvalue weighted by Crippen LogP contribution is 2.34. The molecule has 3 rings (SSSR count). The van der Waals surface area contributed by atoms with Crippen LogP contribution in [0.2, 0.25) is 5.02 Å². The van der Waals surface area contributed by atoms with Gasteiger partial charge in [0.25, 0.3) is 11.6 Å². The van der Waals surface area contributed by atoms with E-state index in [4.69, 9.17) is 16.3 Å². The van der Waals surface area contributed by atoms with Crippen LogP contribution in [0.3, 0.4) is 0 Å². The first-order valence-corrected chi connectivity index (χ1v) is 9.45. The Kier molecular flexibility index (Phi) is 6.11. The molecule has 26 heavy (non-hydrogen) atoms. The first-order chi connectivity index (χ1) is 12.5. The molecule has 2 aliphatic rings. The lowest BCUT2D eigenvalue weighted by Crippen LogP contribution is -2.59. The van der Waals surface area contributed by atoms with Crippen molar-refractivity contribution in [2.45, 2.75) is 37.6 Å². The minimum Gasteiger partial charge on any atom is -0.379 e. The summed E-state index contributed by atoms with van der Waals surface area (Å²) in [5.74, 6) is -0.424. The number of amides is 1. The van der Waals surface area contributed by atoms with E-state index >= 15 is 0 Å². The lowest BCUT2D eigenvalue weighted by Gasteiger charge is -2.48. The van der Waals surface area contributed by atoms with Crippen LogP contribution < -0.4 is 5.32 Å². The van der Waals surface area contributed by atoms with Crippen molar-refractivity contribution in [3.8, 4) is 0 Å². The second-order valence-electron chi connectivity index (χ2n) is 6.99. The van der Waals surface area contributed by atoms with Gasteiger partial charge in [-0.05, 0) is 25.0 Å². The van der Waals surface area contributed by atoms with Crippen LogP contribution in [0.15, 0.2) is 18.2 Å². The minimum absolute atomic E-state index is 0.0485. The maximum Gasteiger partial charge on any atom is 0.283 e. The molecule has 1 aliphatic carbocycles. The quantitative estimate of drug-likeness (QED) is 0.626. The van der Waals surface area contributed by atoms with Crippen LogP contribution in [0.25, 0.3) is 0 Å². The molecule has 1 aromatic carbocycles. The molecule has 0 bridgehead atoms. The third-order valence-corrected chi connectivity index (χ3v) is 5.68. The minimum atomic E-state index is -0.570. The van der Waals surface area contributed by atoms with Crippen molar-refractivity contribution < 1.29 is 14.5 Å². The van der Waals surface area contributed by atoms with E-state index in [1.807, 2.05) is 0 Å². The molecule has 0 unspecified atom stereocenters. The largest absolute Gasteiger partial charge is 0.379 e. The van der Waals surface area contributed by atoms with Gasteiger partial charge in [0.05, 0.1) is 18.1 Å². The number of nitro groups is 1. The smallest absolute Gasteiger partial charge is 0.283 e. The molecule has 1 saturated carbocycles. The van der Waals surface area contributed by atoms with Crippen molar-refractivity contribution in [1.29, 1.82) is 0 Å². The Labute approximate surface area is 157 Å². The van der Waals surface area contributed by atoms with Gasteiger partial charge in [-0.15, -0.1) is 0 Å². The number of hydrogen-bond acceptors (Lipinski definition) is 5. The number of nitrogens with zero attached hydrogens (tertiary/aromatic N) is 2. The summed E-state index contributed by atoms with van der Waals surface area (Å²) in [5, 5.41) is 14.4. The van der Waals surface area contributed by atoms with Gasteiger partial charge in [0, 0.05) is 36.3 Å². The number of ether oxygens (including phenoxy) is 1. The van der Waals surface area contributed by atoms with Gasteiger partial charge < -0.3 is 10.1 Å². The SMILES string of the molecule is O=C(NCC1(N2CCOCC2)CCCCC1)c1ccc(Cl)cc1[N+](=O)[O-]. The molecule has 142 valence electrons. The Hall–Kier alpha value is -1.70. The van der Waals surface area contributed by atoms with Gasteiger partial charge >= 0.3 is 0 Å². The van der Waals surface area contributed by atoms with Crippen molar-refractivity contribution in [3.05, 3.63) is 38.9 Å². The summed E-state index contributed by atoms with van der Waals surface area (Å²) in [5.41, 5.74) is -0.301. The number of benzene rings is 1. The van der Waals surface area contributed by atoms with E-state index in [-0.39, 0.29) is 21.8 Å². The zero-order valence-corrected chi connectivity index (χ0v) is 15.5. The van der Waals surface area contributed by atoms with E-state index in [9.17, 15) is 14.9 Å². The van der Waals surface area contributed by atoms with Crippen molar-refractivity contribution in [1.82, 2.24) is 10.2 Å². The maximum atomic E-state index is 12.6. The molecule has 7 nitrogen and oxygen atoms in total. The predicted molar refractivity (Wildman–Crippen MR) is 98.6 cm³/mol. The van der Waals surface area contributed by atoms with E-state index < -0.39 is 10.8 Å². The van der Waals surface area contributed by atoms with Crippen molar-refractivity contribution >= 4 is 23.2 Å². The molecule has 2 fully saturated rings. The molecular formula is C18H24ClN3O4. The molecule has 1 aliphatic heterocycles. The summed E-state index contributed by atoms with van der Waals surface area (Å²) in [6, 6.07) is 4.13. The van der Waals surface area contributed by atoms with Gasteiger partial charge in [0.15, 0.2) is 0 Å². The molecule has 8 heteroatoms. The highest BCUT2D eigenvalue weighted by Gasteiger charge is 2.39. The number of rotatable bonds is 5. The van der Waals surface area contributed by atoms with Crippen LogP contribution >= 0.6 is 11.6 Å². The Bertz CT molecular complexity index is 670. The summed E-state index contributed by atoms with van der Waals surface area (Å²) in [6.45, 7) is 3.62. The van der Waals surface area contributed by atoms with E-state index in [0.717, 1.165) is 38.8 Å². The molecular weight excluding hydrogens is 358 g/mol. The number of halogens is 1. The average molecular weight is 382 g/mol. The fourth-order valence-corrected chi connectivity index (χ4v) is 4.21. The first-order valence-electron chi connectivity index (χ1n) is 9.07. The molecule has 1 amide bonds. The summed E-state index contributed by atoms with van der Waals surface area (Å²) in [4.78, 5) is 25.7. The fourth-order valence-electron chi connectivity index (χ4n) is 4.04. The molecule has 1 aromatic rings. The Morgan fingerprint density at radius 1 is 1.27 bits per heavy atom. The summed E-state index contributed by atoms with van der Waals surface area (Å²) in [6.07, 6.45) is 5.53. The van der Waals surface area contributed by atoms with Crippen molar-refractivity contribution in [2.75, 3.05) is 32.8 Å². The second kappa shape index (κ2) is 8.33. The lowest BCUT2D eigenvalue weighted by molar-refractivity contribution is -0.385. The zero-order chi connectivity index (χ0) is 18.6. The zero-order valence-electron chi connectivity index (χ0n) is 14.7. The number of hydrogen-bond donors (Lipinski definition) is 1. The fraction of sp³-hybridized carbons (Fsp3) is 0.611. The van der Waals surface area contributed by atoms with Crippen LogP contribution in [-0.4, -0.2) is 54.1 Å².